The number of hydrogen-bond acceptors (Lipinski definition) is 3. The van der Waals surface area contributed by atoms with Crippen LogP contribution in [-0.4, -0.2) is 22.2 Å². The van der Waals surface area contributed by atoms with Gasteiger partial charge in [0.1, 0.15) is 12.3 Å². The van der Waals surface area contributed by atoms with Gasteiger partial charge in [0.2, 0.25) is 5.91 Å². The summed E-state index contributed by atoms with van der Waals surface area (Å²) in [6, 6.07) is 14.9. The summed E-state index contributed by atoms with van der Waals surface area (Å²) in [5.41, 5.74) is 2.33. The lowest BCUT2D eigenvalue weighted by Crippen LogP contribution is -2.32. The largest absolute Gasteiger partial charge is 0.497 e. The zero-order chi connectivity index (χ0) is 17.1. The molecule has 0 fully saturated rings. The van der Waals surface area contributed by atoms with Crippen molar-refractivity contribution in [1.29, 1.82) is 0 Å². The van der Waals surface area contributed by atoms with Crippen LogP contribution in [0.5, 0.6) is 5.75 Å². The quantitative estimate of drug-likeness (QED) is 0.776. The number of aromatic nitrogens is 2. The Hall–Kier alpha value is -3.02. The molecule has 0 aliphatic rings. The minimum atomic E-state index is -0.204. The normalized spacial score (nSPS) is 10.8. The number of imidazole rings is 1. The van der Waals surface area contributed by atoms with E-state index in [2.05, 4.69) is 5.32 Å². The molecule has 2 aromatic carbocycles. The lowest BCUT2D eigenvalue weighted by molar-refractivity contribution is -0.121. The van der Waals surface area contributed by atoms with Gasteiger partial charge in [-0.3, -0.25) is 13.9 Å². The van der Waals surface area contributed by atoms with Crippen LogP contribution in [0, 0.1) is 0 Å². The first-order chi connectivity index (χ1) is 11.6. The van der Waals surface area contributed by atoms with Crippen LogP contribution in [0.3, 0.4) is 0 Å². The second-order valence-corrected chi connectivity index (χ2v) is 5.54. The number of rotatable bonds is 5. The standard InChI is InChI=1S/C18H19N3O3/c1-20-15-5-3-4-6-16(15)21(18(20)23)12-17(22)19-11-13-7-9-14(24-2)10-8-13/h3-10H,11-12H2,1-2H3,(H,19,22). The molecule has 24 heavy (non-hydrogen) atoms. The molecule has 6 nitrogen and oxygen atoms in total. The monoisotopic (exact) mass is 325 g/mol. The number of nitrogens with one attached hydrogen (secondary N) is 1. The second-order valence-electron chi connectivity index (χ2n) is 5.54. The molecule has 1 amide bonds. The molecule has 3 aromatic rings. The van der Waals surface area contributed by atoms with Gasteiger partial charge in [0, 0.05) is 13.6 Å². The summed E-state index contributed by atoms with van der Waals surface area (Å²) in [5, 5.41) is 2.84. The molecule has 0 saturated heterocycles. The Morgan fingerprint density at radius 3 is 2.42 bits per heavy atom. The van der Waals surface area contributed by atoms with Crippen molar-refractivity contribution in [3.63, 3.8) is 0 Å². The Balaban J connectivity index is 1.71. The van der Waals surface area contributed by atoms with Gasteiger partial charge in [0.15, 0.2) is 0 Å². The summed E-state index contributed by atoms with van der Waals surface area (Å²) in [4.78, 5) is 24.5. The van der Waals surface area contributed by atoms with Crippen molar-refractivity contribution >= 4 is 16.9 Å². The molecule has 6 heteroatoms. The summed E-state index contributed by atoms with van der Waals surface area (Å²) < 4.78 is 8.13. The van der Waals surface area contributed by atoms with E-state index in [1.54, 1.807) is 18.7 Å². The third kappa shape index (κ3) is 3.03. The smallest absolute Gasteiger partial charge is 0.329 e. The number of ether oxygens (including phenoxy) is 1. The highest BCUT2D eigenvalue weighted by atomic mass is 16.5. The number of para-hydroxylation sites is 2. The number of aryl methyl sites for hydroxylation is 1. The summed E-state index contributed by atoms with van der Waals surface area (Å²) in [6.07, 6.45) is 0. The van der Waals surface area contributed by atoms with Gasteiger partial charge in [-0.05, 0) is 29.8 Å². The molecule has 0 radical (unpaired) electrons. The lowest BCUT2D eigenvalue weighted by Gasteiger charge is -2.07. The Morgan fingerprint density at radius 1 is 1.08 bits per heavy atom. The van der Waals surface area contributed by atoms with E-state index in [9.17, 15) is 9.59 Å². The number of hydrogen-bond donors (Lipinski definition) is 1. The van der Waals surface area contributed by atoms with E-state index in [1.807, 2.05) is 48.5 Å². The van der Waals surface area contributed by atoms with E-state index in [4.69, 9.17) is 4.74 Å². The number of carbonyl (C=O) groups is 1. The summed E-state index contributed by atoms with van der Waals surface area (Å²) in [7, 11) is 3.31. The summed E-state index contributed by atoms with van der Waals surface area (Å²) in [5.74, 6) is 0.566. The van der Waals surface area contributed by atoms with E-state index in [0.29, 0.717) is 6.54 Å². The van der Waals surface area contributed by atoms with Crippen LogP contribution < -0.4 is 15.7 Å². The van der Waals surface area contributed by atoms with Gasteiger partial charge >= 0.3 is 5.69 Å². The fourth-order valence-corrected chi connectivity index (χ4v) is 2.66. The first kappa shape index (κ1) is 15.9. The van der Waals surface area contributed by atoms with E-state index >= 15 is 0 Å². The first-order valence-corrected chi connectivity index (χ1v) is 7.64. The van der Waals surface area contributed by atoms with Crippen molar-refractivity contribution < 1.29 is 9.53 Å². The van der Waals surface area contributed by atoms with Gasteiger partial charge in [-0.15, -0.1) is 0 Å². The average molecular weight is 325 g/mol. The first-order valence-electron chi connectivity index (χ1n) is 7.64. The zero-order valence-corrected chi connectivity index (χ0v) is 13.7. The number of amides is 1. The van der Waals surface area contributed by atoms with E-state index in [0.717, 1.165) is 22.3 Å². The van der Waals surface area contributed by atoms with Crippen molar-refractivity contribution in [2.75, 3.05) is 7.11 Å². The van der Waals surface area contributed by atoms with Crippen LogP contribution in [0.4, 0.5) is 0 Å². The van der Waals surface area contributed by atoms with Crippen LogP contribution >= 0.6 is 0 Å². The van der Waals surface area contributed by atoms with Crippen LogP contribution in [0.15, 0.2) is 53.3 Å². The highest BCUT2D eigenvalue weighted by Gasteiger charge is 2.12. The molecular weight excluding hydrogens is 306 g/mol. The molecule has 124 valence electrons. The van der Waals surface area contributed by atoms with Crippen molar-refractivity contribution in [1.82, 2.24) is 14.5 Å². The number of nitrogens with zero attached hydrogens (tertiary/aromatic N) is 2. The Morgan fingerprint density at radius 2 is 1.75 bits per heavy atom. The Labute approximate surface area is 139 Å². The molecule has 0 unspecified atom stereocenters. The number of benzene rings is 2. The molecule has 3 rings (SSSR count). The molecule has 1 heterocycles. The summed E-state index contributed by atoms with van der Waals surface area (Å²) >= 11 is 0. The third-order valence-corrected chi connectivity index (χ3v) is 4.00. The maximum atomic E-state index is 12.3. The van der Waals surface area contributed by atoms with Gasteiger partial charge in [-0.1, -0.05) is 24.3 Å². The van der Waals surface area contributed by atoms with Crippen molar-refractivity contribution in [3.05, 3.63) is 64.6 Å². The molecule has 1 N–H and O–H groups in total. The van der Waals surface area contributed by atoms with Crippen LogP contribution in [-0.2, 0) is 24.9 Å². The minimum absolute atomic E-state index is 0.00363. The zero-order valence-electron chi connectivity index (χ0n) is 13.7. The van der Waals surface area contributed by atoms with Gasteiger partial charge in [0.05, 0.1) is 18.1 Å². The van der Waals surface area contributed by atoms with Crippen molar-refractivity contribution in [2.24, 2.45) is 7.05 Å². The molecule has 0 saturated carbocycles. The molecule has 0 aliphatic carbocycles. The van der Waals surface area contributed by atoms with E-state index in [-0.39, 0.29) is 18.1 Å². The number of methoxy groups -OCH3 is 1. The van der Waals surface area contributed by atoms with Gasteiger partial charge in [-0.2, -0.15) is 0 Å². The number of fused-ring (bicyclic) bond motifs is 1. The van der Waals surface area contributed by atoms with E-state index in [1.165, 1.54) is 4.57 Å². The third-order valence-electron chi connectivity index (χ3n) is 4.00. The Bertz CT molecular complexity index is 923. The van der Waals surface area contributed by atoms with Crippen LogP contribution in [0.25, 0.3) is 11.0 Å². The number of carbonyl (C=O) groups excluding carboxylic acids is 1. The fourth-order valence-electron chi connectivity index (χ4n) is 2.66. The maximum absolute atomic E-state index is 12.3. The highest BCUT2D eigenvalue weighted by Crippen LogP contribution is 2.12. The topological polar surface area (TPSA) is 65.3 Å². The maximum Gasteiger partial charge on any atom is 0.329 e. The average Bonchev–Trinajstić information content (AvgIpc) is 2.86. The molecule has 0 bridgehead atoms. The lowest BCUT2D eigenvalue weighted by atomic mass is 10.2. The van der Waals surface area contributed by atoms with Crippen LogP contribution in [0.1, 0.15) is 5.56 Å². The predicted molar refractivity (Wildman–Crippen MR) is 92.0 cm³/mol. The Kier molecular flexibility index (Phi) is 4.37. The van der Waals surface area contributed by atoms with Crippen LogP contribution in [0.2, 0.25) is 0 Å². The predicted octanol–water partition coefficient (Wildman–Crippen LogP) is 1.66. The SMILES string of the molecule is COc1ccc(CNC(=O)Cn2c(=O)n(C)c3ccccc32)cc1. The van der Waals surface area contributed by atoms with Gasteiger partial charge in [0.25, 0.3) is 0 Å². The molecule has 0 spiro atoms. The fraction of sp³-hybridized carbons (Fsp3) is 0.222. The molecule has 1 aromatic heterocycles. The summed E-state index contributed by atoms with van der Waals surface area (Å²) in [6.45, 7) is 0.401. The molecular formula is C18H19N3O3. The molecule has 0 aliphatic heterocycles. The van der Waals surface area contributed by atoms with Gasteiger partial charge < -0.3 is 10.1 Å². The van der Waals surface area contributed by atoms with E-state index < -0.39 is 0 Å². The van der Waals surface area contributed by atoms with Crippen molar-refractivity contribution in [2.45, 2.75) is 13.1 Å². The highest BCUT2D eigenvalue weighted by molar-refractivity contribution is 5.80. The van der Waals surface area contributed by atoms with Crippen molar-refractivity contribution in [3.8, 4) is 5.75 Å². The second kappa shape index (κ2) is 6.62. The molecule has 0 atom stereocenters. The van der Waals surface area contributed by atoms with Gasteiger partial charge in [-0.25, -0.2) is 4.79 Å². The minimum Gasteiger partial charge on any atom is -0.497 e.